The molecule has 6 aromatic rings. The van der Waals surface area contributed by atoms with E-state index in [-0.39, 0.29) is 98.7 Å². The molecule has 14 N–H and O–H groups in total. The average molecular weight is 1000 g/mol. The van der Waals surface area contributed by atoms with Gasteiger partial charge in [-0.3, -0.25) is 18.2 Å². The molecule has 9 heterocycles. The largest absolute Gasteiger partial charge is 1.00 e. The summed E-state index contributed by atoms with van der Waals surface area (Å²) in [7, 11) is -10.6. The Morgan fingerprint density at radius 1 is 0.627 bits per heavy atom. The van der Waals surface area contributed by atoms with Crippen LogP contribution in [0, 0.1) is 0 Å². The molecule has 37 heteroatoms. The molecular weight excluding hydrogens is 968 g/mol. The summed E-state index contributed by atoms with van der Waals surface area (Å²) in [4.78, 5) is 75.9. The van der Waals surface area contributed by atoms with Crippen molar-refractivity contribution in [3.63, 3.8) is 0 Å². The Morgan fingerprint density at radius 3 is 1.54 bits per heavy atom. The minimum atomic E-state index is -5.93. The summed E-state index contributed by atoms with van der Waals surface area (Å²) < 4.78 is 51.6. The Kier molecular flexibility index (Phi) is 16.4. The van der Waals surface area contributed by atoms with Gasteiger partial charge in [-0.1, -0.05) is 0 Å². The van der Waals surface area contributed by atoms with Gasteiger partial charge in [-0.15, -0.1) is 0 Å². The maximum Gasteiger partial charge on any atom is 1.00 e. The first-order chi connectivity index (χ1) is 30.6. The third-order valence-electron chi connectivity index (χ3n) is 10.5. The van der Waals surface area contributed by atoms with Crippen LogP contribution in [0.1, 0.15) is 18.7 Å². The first kappa shape index (κ1) is 53.2. The van der Waals surface area contributed by atoms with Crippen LogP contribution in [-0.4, -0.2) is 183 Å². The zero-order valence-corrected chi connectivity index (χ0v) is 40.1. The number of imidazole rings is 3. The standard InChI is InChI=1S/C20H24N9O12P.C10H14N5O7P.2Na/c21-15-5-16(23-1-22-15)28(3-26-5)20-10(33)8(31)13(40-20)14(41-42(36,37)38)11(34)12-7(30)9(32)19(39-12)29-4-27-6-17(29)24-2-25-18(6)35;11-8-5-9(13-2-12-8)15(3-14-5)10-7(17)6(16)4(22-10)1-21-23(18,19)20;;/h1-4,7-14,19-20,30-34H,(H2,21,22,23)(H,24,25,35)(H2,36,37,38);2-4,6-7,10,16-17H,1H2,(H2,11,12,13)(H2,18,19,20);;/q;;2*+1/p-2/t7-,8-,9+,10+,11?,12-,13-,14?,19+,20+;4-,6-,7-,10-;;/m01../s1. The molecule has 14 atom stereocenters. The van der Waals surface area contributed by atoms with Gasteiger partial charge in [0.2, 0.25) is 5.88 Å². The number of aromatic hydroxyl groups is 1. The number of aliphatic hydroxyl groups excluding tert-OH is 7. The van der Waals surface area contributed by atoms with E-state index in [4.69, 9.17) is 35.5 Å². The van der Waals surface area contributed by atoms with Crippen LogP contribution in [0.25, 0.3) is 33.5 Å². The fourth-order valence-corrected chi connectivity index (χ4v) is 8.33. The number of nitrogens with zero attached hydrogens (tertiary/aromatic N) is 12. The van der Waals surface area contributed by atoms with Crippen molar-refractivity contribution >= 4 is 60.8 Å². The minimum Gasteiger partial charge on any atom is -0.790 e. The van der Waals surface area contributed by atoms with Gasteiger partial charge < -0.3 is 95.2 Å². The maximum atomic E-state index is 11.7. The third-order valence-corrected chi connectivity index (χ3v) is 11.5. The van der Waals surface area contributed by atoms with Crippen molar-refractivity contribution in [3.05, 3.63) is 38.0 Å². The van der Waals surface area contributed by atoms with Gasteiger partial charge in [0.1, 0.15) is 97.2 Å². The molecule has 0 amide bonds. The molecule has 3 aliphatic rings. The molecule has 352 valence electrons. The van der Waals surface area contributed by atoms with Gasteiger partial charge in [-0.25, -0.2) is 44.4 Å². The van der Waals surface area contributed by atoms with Gasteiger partial charge in [-0.05, 0) is 0 Å². The van der Waals surface area contributed by atoms with E-state index in [1.807, 2.05) is 0 Å². The molecule has 0 spiro atoms. The number of anilines is 2. The van der Waals surface area contributed by atoms with E-state index in [1.165, 1.54) is 17.2 Å². The number of hydrogen-bond donors (Lipinski definition) is 12. The molecule has 9 rings (SSSR count). The molecule has 2 unspecified atom stereocenters. The number of phosphoric acid groups is 2. The Morgan fingerprint density at radius 2 is 1.04 bits per heavy atom. The van der Waals surface area contributed by atoms with E-state index in [2.05, 4.69) is 53.9 Å². The molecule has 0 bridgehead atoms. The smallest absolute Gasteiger partial charge is 0.790 e. The predicted octanol–water partition coefficient (Wildman–Crippen LogP) is -13.1. The van der Waals surface area contributed by atoms with Gasteiger partial charge in [0.15, 0.2) is 52.8 Å². The second-order valence-corrected chi connectivity index (χ2v) is 16.8. The molecule has 33 nitrogen and oxygen atoms in total. The quantitative estimate of drug-likeness (QED) is 0.0423. The molecule has 0 saturated carbocycles. The molecule has 3 fully saturated rings. The van der Waals surface area contributed by atoms with Gasteiger partial charge >= 0.3 is 66.9 Å². The van der Waals surface area contributed by atoms with Gasteiger partial charge in [-0.2, -0.15) is 4.98 Å². The first-order valence-corrected chi connectivity index (χ1v) is 21.5. The fraction of sp³-hybridized carbons (Fsp3) is 0.500. The summed E-state index contributed by atoms with van der Waals surface area (Å²) in [5.41, 5.74) is 12.1. The number of hydrogen-bond acceptors (Lipinski definition) is 28. The Hall–Kier alpha value is -3.13. The summed E-state index contributed by atoms with van der Waals surface area (Å²) in [5, 5.41) is 84.2. The van der Waals surface area contributed by atoms with Crippen LogP contribution >= 0.6 is 15.6 Å². The van der Waals surface area contributed by atoms with Crippen molar-refractivity contribution in [3.8, 4) is 5.88 Å². The van der Waals surface area contributed by atoms with Crippen LogP contribution in [0.15, 0.2) is 38.0 Å². The van der Waals surface area contributed by atoms with Crippen LogP contribution in [-0.2, 0) is 32.4 Å². The topological polar surface area (TPSA) is 512 Å². The molecule has 0 aliphatic carbocycles. The summed E-state index contributed by atoms with van der Waals surface area (Å²) in [6, 6.07) is 0. The van der Waals surface area contributed by atoms with Gasteiger partial charge in [0.25, 0.3) is 0 Å². The maximum absolute atomic E-state index is 11.7. The first-order valence-electron chi connectivity index (χ1n) is 18.5. The molecule has 0 radical (unpaired) electrons. The van der Waals surface area contributed by atoms with Crippen molar-refractivity contribution in [2.45, 2.75) is 85.8 Å². The summed E-state index contributed by atoms with van der Waals surface area (Å²) >= 11 is 0. The number of fused-ring (bicyclic) bond motifs is 3. The van der Waals surface area contributed by atoms with Crippen LogP contribution in [0.3, 0.4) is 0 Å². The summed E-state index contributed by atoms with van der Waals surface area (Å²) in [5.74, 6) is -0.353. The zero-order valence-electron chi connectivity index (χ0n) is 34.3. The van der Waals surface area contributed by atoms with Crippen LogP contribution in [0.5, 0.6) is 5.88 Å². The molecule has 0 aromatic carbocycles. The Bertz CT molecular complexity index is 2790. The summed E-state index contributed by atoms with van der Waals surface area (Å²) in [6.45, 7) is -0.594. The Labute approximate surface area is 416 Å². The van der Waals surface area contributed by atoms with E-state index < -0.39 is 114 Å². The van der Waals surface area contributed by atoms with Crippen molar-refractivity contribution in [1.82, 2.24) is 58.6 Å². The van der Waals surface area contributed by atoms with Crippen LogP contribution in [0.2, 0.25) is 0 Å². The third kappa shape index (κ3) is 10.5. The number of nitrogen functional groups attached to an aromatic ring is 2. The van der Waals surface area contributed by atoms with Gasteiger partial charge in [0.05, 0.1) is 33.4 Å². The Balaban J connectivity index is 0.000000252. The summed E-state index contributed by atoms with van der Waals surface area (Å²) in [6.07, 6.45) is -17.0. The van der Waals surface area contributed by atoms with E-state index in [9.17, 15) is 59.8 Å². The van der Waals surface area contributed by atoms with E-state index in [0.29, 0.717) is 5.52 Å². The molecule has 3 saturated heterocycles. The van der Waals surface area contributed by atoms with E-state index in [0.717, 1.165) is 34.4 Å². The second-order valence-electron chi connectivity index (χ2n) is 14.5. The minimum absolute atomic E-state index is 0. The van der Waals surface area contributed by atoms with Crippen molar-refractivity contribution in [1.29, 1.82) is 0 Å². The number of aliphatic hydroxyl groups is 7. The van der Waals surface area contributed by atoms with Crippen molar-refractivity contribution < 1.29 is 152 Å². The monoisotopic (exact) mass is 1000 g/mol. The normalized spacial score (nSPS) is 29.7. The van der Waals surface area contributed by atoms with E-state index >= 15 is 0 Å². The molecule has 6 aromatic heterocycles. The molecular formula is C30H36N14Na2O19P2. The predicted molar refractivity (Wildman–Crippen MR) is 201 cm³/mol. The number of aromatic nitrogens is 12. The fourth-order valence-electron chi connectivity index (χ4n) is 7.44. The molecule has 3 aliphatic heterocycles. The van der Waals surface area contributed by atoms with Crippen LogP contribution < -0.4 is 80.4 Å². The number of nitrogens with two attached hydrogens (primary N) is 2. The van der Waals surface area contributed by atoms with Crippen molar-refractivity contribution in [2.75, 3.05) is 18.1 Å². The SMILES string of the molecule is Nc1ncnc2c1ncn2[C@@H]1O[C@H](C(OP(=O)([O-])[O-])C(O)[C@H]2O[C@@H](n3cnc4c(O)ncnc43)[C@H](O)[C@@H]2O)[C@@H](O)[C@H]1O.Nc1ncnc2c1ncn2[C@@H]1O[C@H](COP(=O)(O)O)[C@@H](O)[C@H]1O.[Na+].[Na+]. The van der Waals surface area contributed by atoms with Gasteiger partial charge in [0, 0.05) is 0 Å². The van der Waals surface area contributed by atoms with Crippen LogP contribution in [0.4, 0.5) is 11.6 Å². The zero-order chi connectivity index (χ0) is 46.9. The van der Waals surface area contributed by atoms with Crippen molar-refractivity contribution in [2.24, 2.45) is 0 Å². The van der Waals surface area contributed by atoms with E-state index in [1.54, 1.807) is 0 Å². The number of rotatable bonds is 11. The average Bonchev–Trinajstić information content (AvgIpc) is 4.11. The molecule has 67 heavy (non-hydrogen) atoms. The number of ether oxygens (including phenoxy) is 3. The number of phosphoric ester groups is 2. The second kappa shape index (κ2) is 20.7.